The number of nitrogens with one attached hydrogen (secondary N) is 2. The average molecular weight is 401 g/mol. The molecule has 0 saturated carbocycles. The summed E-state index contributed by atoms with van der Waals surface area (Å²) in [7, 11) is -3.75. The summed E-state index contributed by atoms with van der Waals surface area (Å²) < 4.78 is 31.9. The highest BCUT2D eigenvalue weighted by atomic mass is 32.3. The van der Waals surface area contributed by atoms with Gasteiger partial charge in [-0.05, 0) is 24.6 Å². The Morgan fingerprint density at radius 3 is 2.39 bits per heavy atom. The van der Waals surface area contributed by atoms with Gasteiger partial charge in [-0.3, -0.25) is 4.79 Å². The van der Waals surface area contributed by atoms with E-state index in [9.17, 15) is 13.6 Å². The van der Waals surface area contributed by atoms with Gasteiger partial charge in [-0.1, -0.05) is 21.5 Å². The Bertz CT molecular complexity index is 985. The lowest BCUT2D eigenvalue weighted by molar-refractivity contribution is 0.0954. The summed E-state index contributed by atoms with van der Waals surface area (Å²) in [5.41, 5.74) is 2.50. The molecule has 0 radical (unpaired) electrons. The molecular weight excluding hydrogens is 382 g/mol. The molecule has 2 N–H and O–H groups in total. The number of sulfonamides is 1. The minimum atomic E-state index is -3.75. The second-order valence-electron chi connectivity index (χ2n) is 6.01. The molecule has 9 nitrogen and oxygen atoms in total. The molecule has 2 aromatic heterocycles. The number of carbonyl (C=O) groups is 1. The van der Waals surface area contributed by atoms with Crippen LogP contribution in [0.5, 0.6) is 0 Å². The Labute approximate surface area is 163 Å². The van der Waals surface area contributed by atoms with Gasteiger partial charge in [0.15, 0.2) is 16.2 Å². The first-order valence-electron chi connectivity index (χ1n) is 8.44. The summed E-state index contributed by atoms with van der Waals surface area (Å²) in [4.78, 5) is 20.2. The van der Waals surface area contributed by atoms with E-state index < -0.39 is 10.4 Å². The Kier molecular flexibility index (Phi) is 5.93. The van der Waals surface area contributed by atoms with Gasteiger partial charge in [-0.2, -0.15) is 0 Å². The summed E-state index contributed by atoms with van der Waals surface area (Å²) in [5.74, 6) is -0.0784. The predicted octanol–water partition coefficient (Wildman–Crippen LogP) is 1.67. The molecule has 0 aliphatic rings. The minimum Gasteiger partial charge on any atom is -0.593 e. The van der Waals surface area contributed by atoms with E-state index in [-0.39, 0.29) is 35.3 Å². The van der Waals surface area contributed by atoms with Crippen LogP contribution in [-0.2, 0) is 14.6 Å². The van der Waals surface area contributed by atoms with Crippen molar-refractivity contribution in [2.24, 2.45) is 0 Å². The molecule has 2 heterocycles. The second kappa shape index (κ2) is 8.38. The maximum absolute atomic E-state index is 12.3. The molecule has 0 bridgehead atoms. The normalized spacial score (nSPS) is 13.1. The van der Waals surface area contributed by atoms with Crippen molar-refractivity contribution < 1.29 is 18.1 Å². The number of aryl methyl sites for hydroxylation is 2. The van der Waals surface area contributed by atoms with E-state index in [1.165, 1.54) is 13.3 Å². The first-order valence-corrected chi connectivity index (χ1v) is 9.93. The lowest BCUT2D eigenvalue weighted by Crippen LogP contribution is -2.38. The van der Waals surface area contributed by atoms with Gasteiger partial charge in [-0.25, -0.2) is 9.97 Å². The maximum Gasteiger partial charge on any atom is 0.251 e. The van der Waals surface area contributed by atoms with E-state index in [1.807, 2.05) is 0 Å². The predicted molar refractivity (Wildman–Crippen MR) is 101 cm³/mol. The van der Waals surface area contributed by atoms with Gasteiger partial charge in [0.2, 0.25) is 4.90 Å². The Morgan fingerprint density at radius 2 is 1.79 bits per heavy atom. The SMILES string of the molecule is Cc1noc(C)c1[S+](=O)([O-])NCCNC(=O)c1ccc(-c2cncnc2)cc1. The van der Waals surface area contributed by atoms with Gasteiger partial charge in [0.25, 0.3) is 5.91 Å². The number of benzene rings is 1. The molecule has 146 valence electrons. The van der Waals surface area contributed by atoms with Crippen molar-refractivity contribution >= 4 is 16.3 Å². The molecule has 3 rings (SSSR count). The van der Waals surface area contributed by atoms with E-state index in [4.69, 9.17) is 4.52 Å². The van der Waals surface area contributed by atoms with Crippen molar-refractivity contribution in [3.05, 3.63) is 60.0 Å². The summed E-state index contributed by atoms with van der Waals surface area (Å²) >= 11 is 0. The molecule has 1 unspecified atom stereocenters. The Balaban J connectivity index is 1.53. The van der Waals surface area contributed by atoms with Crippen LogP contribution in [0.1, 0.15) is 21.8 Å². The standard InChI is InChI=1S/C18H19N5O4S/c1-12-17(13(2)27-23-12)28(25,26)22-8-7-21-18(24)15-5-3-14(4-6-15)16-9-19-11-20-10-16/h3-6,9-11H,7-8H2,1-2H3,(H2-,21,22,24,25,26). The van der Waals surface area contributed by atoms with Crippen LogP contribution in [0, 0.1) is 13.8 Å². The number of hydrogen-bond donors (Lipinski definition) is 2. The fourth-order valence-electron chi connectivity index (χ4n) is 2.66. The zero-order valence-electron chi connectivity index (χ0n) is 15.3. The molecule has 0 fully saturated rings. The fourth-order valence-corrected chi connectivity index (χ4v) is 4.01. The number of aromatic nitrogens is 3. The maximum atomic E-state index is 12.3. The van der Waals surface area contributed by atoms with Crippen LogP contribution in [0.4, 0.5) is 0 Å². The van der Waals surface area contributed by atoms with Gasteiger partial charge >= 0.3 is 0 Å². The largest absolute Gasteiger partial charge is 0.593 e. The molecule has 10 heteroatoms. The van der Waals surface area contributed by atoms with Crippen molar-refractivity contribution in [1.29, 1.82) is 0 Å². The number of rotatable bonds is 7. The van der Waals surface area contributed by atoms with Crippen LogP contribution in [0.25, 0.3) is 11.1 Å². The summed E-state index contributed by atoms with van der Waals surface area (Å²) in [6, 6.07) is 6.97. The van der Waals surface area contributed by atoms with E-state index >= 15 is 0 Å². The van der Waals surface area contributed by atoms with Gasteiger partial charge in [-0.15, -0.1) is 4.72 Å². The van der Waals surface area contributed by atoms with Crippen LogP contribution < -0.4 is 10.0 Å². The zero-order chi connectivity index (χ0) is 20.1. The molecule has 3 aromatic rings. The molecule has 28 heavy (non-hydrogen) atoms. The third-order valence-corrected chi connectivity index (χ3v) is 5.68. The van der Waals surface area contributed by atoms with E-state index in [0.717, 1.165) is 11.1 Å². The van der Waals surface area contributed by atoms with Crippen molar-refractivity contribution in [1.82, 2.24) is 25.2 Å². The second-order valence-corrected chi connectivity index (χ2v) is 7.72. The van der Waals surface area contributed by atoms with Crippen LogP contribution >= 0.6 is 0 Å². The Hall–Kier alpha value is -2.95. The minimum absolute atomic E-state index is 0.0271. The molecule has 0 aliphatic carbocycles. The quantitative estimate of drug-likeness (QED) is 0.454. The van der Waals surface area contributed by atoms with E-state index in [1.54, 1.807) is 43.6 Å². The van der Waals surface area contributed by atoms with Crippen LogP contribution in [0.3, 0.4) is 0 Å². The summed E-state index contributed by atoms with van der Waals surface area (Å²) in [6.45, 7) is 3.26. The van der Waals surface area contributed by atoms with E-state index in [0.29, 0.717) is 5.56 Å². The Morgan fingerprint density at radius 1 is 1.11 bits per heavy atom. The smallest absolute Gasteiger partial charge is 0.251 e. The van der Waals surface area contributed by atoms with Gasteiger partial charge in [0, 0.05) is 37.0 Å². The van der Waals surface area contributed by atoms with Crippen LogP contribution in [-0.4, -0.2) is 38.7 Å². The highest BCUT2D eigenvalue weighted by Gasteiger charge is 2.29. The first kappa shape index (κ1) is 19.8. The summed E-state index contributed by atoms with van der Waals surface area (Å²) in [5, 5.41) is 6.31. The molecule has 1 atom stereocenters. The number of nitrogens with zero attached hydrogens (tertiary/aromatic N) is 3. The first-order chi connectivity index (χ1) is 13.4. The molecule has 1 amide bonds. The molecule has 1 aromatic carbocycles. The third-order valence-electron chi connectivity index (χ3n) is 3.98. The highest BCUT2D eigenvalue weighted by Crippen LogP contribution is 2.22. The lowest BCUT2D eigenvalue weighted by atomic mass is 10.1. The van der Waals surface area contributed by atoms with Crippen molar-refractivity contribution in [2.45, 2.75) is 18.7 Å². The van der Waals surface area contributed by atoms with Crippen molar-refractivity contribution in [3.8, 4) is 11.1 Å². The topological polar surface area (TPSA) is 133 Å². The molecule has 0 aliphatic heterocycles. The summed E-state index contributed by atoms with van der Waals surface area (Å²) in [6.07, 6.45) is 4.82. The van der Waals surface area contributed by atoms with Gasteiger partial charge in [0.05, 0.1) is 6.54 Å². The number of carbonyl (C=O) groups excluding carboxylic acids is 1. The van der Waals surface area contributed by atoms with Crippen LogP contribution in [0.2, 0.25) is 0 Å². The third kappa shape index (κ3) is 4.47. The zero-order valence-corrected chi connectivity index (χ0v) is 16.2. The lowest BCUT2D eigenvalue weighted by Gasteiger charge is -2.14. The van der Waals surface area contributed by atoms with Gasteiger partial charge in [0.1, 0.15) is 12.0 Å². The van der Waals surface area contributed by atoms with Gasteiger partial charge < -0.3 is 14.4 Å². The monoisotopic (exact) mass is 401 g/mol. The van der Waals surface area contributed by atoms with E-state index in [2.05, 4.69) is 25.2 Å². The molecule has 0 saturated heterocycles. The molecule has 0 spiro atoms. The van der Waals surface area contributed by atoms with Crippen LogP contribution in [0.15, 0.2) is 52.4 Å². The fraction of sp³-hybridized carbons (Fsp3) is 0.222. The molecular formula is C18H19N5O4S. The average Bonchev–Trinajstić information content (AvgIpc) is 3.05. The highest BCUT2D eigenvalue weighted by molar-refractivity contribution is 7.95. The number of hydrogen-bond acceptors (Lipinski definition) is 7. The number of amides is 1. The van der Waals surface area contributed by atoms with Crippen molar-refractivity contribution in [3.63, 3.8) is 0 Å². The van der Waals surface area contributed by atoms with Crippen molar-refractivity contribution in [2.75, 3.05) is 13.1 Å².